The number of ether oxygens (including phenoxy) is 2. The topological polar surface area (TPSA) is 114 Å². The Kier molecular flexibility index (Phi) is 9.72. The molecule has 226 valence electrons. The molecule has 3 N–H and O–H groups in total. The Balaban J connectivity index is 1.13. The lowest BCUT2D eigenvalue weighted by Crippen LogP contribution is -2.50. The average molecular weight is 634 g/mol. The SMILES string of the molecule is O=C(Cc1ccc(Oc2ccc(OCC3(NC(=O)c4ccc(Cl)c(Cl)c4)CCCC3)cc2)cc1)Nc1ccccc1C(=O)O. The summed E-state index contributed by atoms with van der Waals surface area (Å²) in [4.78, 5) is 36.8. The number of carboxylic acids is 1. The zero-order valence-corrected chi connectivity index (χ0v) is 25.2. The van der Waals surface area contributed by atoms with E-state index in [0.717, 1.165) is 31.2 Å². The number of benzene rings is 4. The van der Waals surface area contributed by atoms with Crippen LogP contribution in [-0.2, 0) is 11.2 Å². The van der Waals surface area contributed by atoms with Gasteiger partial charge in [0, 0.05) is 5.56 Å². The van der Waals surface area contributed by atoms with E-state index >= 15 is 0 Å². The number of rotatable bonds is 11. The van der Waals surface area contributed by atoms with Gasteiger partial charge in [-0.25, -0.2) is 4.79 Å². The highest BCUT2D eigenvalue weighted by atomic mass is 35.5. The van der Waals surface area contributed by atoms with Crippen molar-refractivity contribution in [3.05, 3.63) is 118 Å². The first-order chi connectivity index (χ1) is 21.2. The molecule has 1 saturated carbocycles. The van der Waals surface area contributed by atoms with Crippen LogP contribution in [0.25, 0.3) is 0 Å². The maximum Gasteiger partial charge on any atom is 0.337 e. The molecule has 10 heteroatoms. The van der Waals surface area contributed by atoms with Crippen molar-refractivity contribution in [3.8, 4) is 17.2 Å². The molecule has 0 saturated heterocycles. The van der Waals surface area contributed by atoms with Crippen molar-refractivity contribution in [2.75, 3.05) is 11.9 Å². The van der Waals surface area contributed by atoms with E-state index in [1.807, 2.05) is 12.1 Å². The second kappa shape index (κ2) is 13.8. The summed E-state index contributed by atoms with van der Waals surface area (Å²) >= 11 is 12.1. The van der Waals surface area contributed by atoms with E-state index in [1.54, 1.807) is 72.8 Å². The van der Waals surface area contributed by atoms with Crippen LogP contribution in [0.5, 0.6) is 17.2 Å². The molecule has 2 amide bonds. The molecule has 0 spiro atoms. The van der Waals surface area contributed by atoms with E-state index in [9.17, 15) is 19.5 Å². The summed E-state index contributed by atoms with van der Waals surface area (Å²) in [5.74, 6) is 0.206. The maximum absolute atomic E-state index is 13.0. The summed E-state index contributed by atoms with van der Waals surface area (Å²) in [6.07, 6.45) is 3.71. The molecule has 0 heterocycles. The number of carboxylic acid groups (broad SMARTS) is 1. The second-order valence-electron chi connectivity index (χ2n) is 10.7. The van der Waals surface area contributed by atoms with E-state index in [2.05, 4.69) is 10.6 Å². The van der Waals surface area contributed by atoms with Crippen molar-refractivity contribution < 1.29 is 29.0 Å². The number of nitrogens with one attached hydrogen (secondary N) is 2. The molecule has 0 aromatic heterocycles. The van der Waals surface area contributed by atoms with Crippen molar-refractivity contribution >= 4 is 46.7 Å². The van der Waals surface area contributed by atoms with Gasteiger partial charge in [0.1, 0.15) is 23.9 Å². The number of carbonyl (C=O) groups is 3. The van der Waals surface area contributed by atoms with E-state index in [1.165, 1.54) is 6.07 Å². The molecule has 44 heavy (non-hydrogen) atoms. The first-order valence-electron chi connectivity index (χ1n) is 14.1. The number of para-hydroxylation sites is 1. The van der Waals surface area contributed by atoms with Crippen molar-refractivity contribution in [1.82, 2.24) is 5.32 Å². The van der Waals surface area contributed by atoms with Crippen molar-refractivity contribution in [1.29, 1.82) is 0 Å². The molecule has 0 radical (unpaired) electrons. The molecule has 0 bridgehead atoms. The summed E-state index contributed by atoms with van der Waals surface area (Å²) in [6, 6.07) is 25.4. The van der Waals surface area contributed by atoms with Gasteiger partial charge in [-0.2, -0.15) is 0 Å². The number of halogens is 2. The Morgan fingerprint density at radius 1 is 0.795 bits per heavy atom. The second-order valence-corrected chi connectivity index (χ2v) is 11.5. The lowest BCUT2D eigenvalue weighted by atomic mass is 9.98. The monoisotopic (exact) mass is 632 g/mol. The van der Waals surface area contributed by atoms with Crippen LogP contribution in [-0.4, -0.2) is 35.0 Å². The average Bonchev–Trinajstić information content (AvgIpc) is 3.47. The van der Waals surface area contributed by atoms with E-state index in [-0.39, 0.29) is 29.5 Å². The predicted octanol–water partition coefficient (Wildman–Crippen LogP) is 7.79. The van der Waals surface area contributed by atoms with Crippen molar-refractivity contribution in [3.63, 3.8) is 0 Å². The first-order valence-corrected chi connectivity index (χ1v) is 14.8. The minimum absolute atomic E-state index is 0.0331. The van der Waals surface area contributed by atoms with Crippen LogP contribution < -0.4 is 20.1 Å². The number of hydrogen-bond donors (Lipinski definition) is 3. The minimum atomic E-state index is -1.11. The largest absolute Gasteiger partial charge is 0.491 e. The summed E-state index contributed by atoms with van der Waals surface area (Å²) in [5, 5.41) is 15.9. The molecule has 0 aliphatic heterocycles. The maximum atomic E-state index is 13.0. The summed E-state index contributed by atoms with van der Waals surface area (Å²) in [6.45, 7) is 0.331. The fourth-order valence-corrected chi connectivity index (χ4v) is 5.40. The van der Waals surface area contributed by atoms with E-state index < -0.39 is 11.5 Å². The van der Waals surface area contributed by atoms with Crippen LogP contribution in [0, 0.1) is 0 Å². The van der Waals surface area contributed by atoms with Crippen molar-refractivity contribution in [2.24, 2.45) is 0 Å². The third kappa shape index (κ3) is 7.89. The predicted molar refractivity (Wildman–Crippen MR) is 169 cm³/mol. The highest BCUT2D eigenvalue weighted by molar-refractivity contribution is 6.42. The fraction of sp³-hybridized carbons (Fsp3) is 0.206. The van der Waals surface area contributed by atoms with Gasteiger partial charge in [-0.3, -0.25) is 9.59 Å². The molecule has 8 nitrogen and oxygen atoms in total. The quantitative estimate of drug-likeness (QED) is 0.155. The van der Waals surface area contributed by atoms with Crippen molar-refractivity contribution in [2.45, 2.75) is 37.6 Å². The standard InChI is InChI=1S/C34H30Cl2N2O6/c35-28-16-9-23(20-29(28)36)32(40)38-34(17-3-4-18-34)21-43-24-12-14-26(15-13-24)44-25-10-7-22(8-11-25)19-31(39)37-30-6-2-1-5-27(30)33(41)42/h1-2,5-16,20H,3-4,17-19,21H2,(H,37,39)(H,38,40)(H,41,42). The van der Waals surface area contributed by atoms with Crippen LogP contribution in [0.2, 0.25) is 10.0 Å². The summed E-state index contributed by atoms with van der Waals surface area (Å²) in [5.41, 5.74) is 1.01. The van der Waals surface area contributed by atoms with Crippen LogP contribution in [0.3, 0.4) is 0 Å². The molecule has 1 aliphatic rings. The fourth-order valence-electron chi connectivity index (χ4n) is 5.10. The highest BCUT2D eigenvalue weighted by Gasteiger charge is 2.36. The van der Waals surface area contributed by atoms with Gasteiger partial charge in [-0.1, -0.05) is 60.3 Å². The van der Waals surface area contributed by atoms with Crippen LogP contribution in [0.1, 0.15) is 52.0 Å². The van der Waals surface area contributed by atoms with Gasteiger partial charge < -0.3 is 25.2 Å². The molecule has 4 aromatic rings. The third-order valence-corrected chi connectivity index (χ3v) is 8.15. The minimum Gasteiger partial charge on any atom is -0.491 e. The van der Waals surface area contributed by atoms with Gasteiger partial charge in [0.15, 0.2) is 0 Å². The van der Waals surface area contributed by atoms with Crippen LogP contribution in [0.15, 0.2) is 91.0 Å². The molecule has 1 fully saturated rings. The Morgan fingerprint density at radius 2 is 1.43 bits per heavy atom. The number of anilines is 1. The Bertz CT molecular complexity index is 1650. The van der Waals surface area contributed by atoms with Gasteiger partial charge in [-0.15, -0.1) is 0 Å². The molecular weight excluding hydrogens is 603 g/mol. The van der Waals surface area contributed by atoms with Gasteiger partial charge in [0.2, 0.25) is 5.91 Å². The van der Waals surface area contributed by atoms with Crippen LogP contribution in [0.4, 0.5) is 5.69 Å². The number of hydrogen-bond acceptors (Lipinski definition) is 5. The zero-order chi connectivity index (χ0) is 31.1. The lowest BCUT2D eigenvalue weighted by Gasteiger charge is -2.30. The molecular formula is C34H30Cl2N2O6. The van der Waals surface area contributed by atoms with Gasteiger partial charge in [0.25, 0.3) is 5.91 Å². The molecule has 5 rings (SSSR count). The molecule has 0 atom stereocenters. The number of amides is 2. The molecule has 1 aliphatic carbocycles. The smallest absolute Gasteiger partial charge is 0.337 e. The lowest BCUT2D eigenvalue weighted by molar-refractivity contribution is -0.115. The van der Waals surface area contributed by atoms with Gasteiger partial charge in [0.05, 0.1) is 33.3 Å². The summed E-state index contributed by atoms with van der Waals surface area (Å²) < 4.78 is 12.1. The Morgan fingerprint density at radius 3 is 2.09 bits per heavy atom. The van der Waals surface area contributed by atoms with Crippen LogP contribution >= 0.6 is 23.2 Å². The Labute approximate surface area is 264 Å². The van der Waals surface area contributed by atoms with Gasteiger partial charge in [-0.05, 0) is 85.1 Å². The zero-order valence-electron chi connectivity index (χ0n) is 23.6. The van der Waals surface area contributed by atoms with E-state index in [0.29, 0.717) is 39.5 Å². The Hall–Kier alpha value is -4.53. The molecule has 0 unspecified atom stereocenters. The number of aromatic carboxylic acids is 1. The highest BCUT2D eigenvalue weighted by Crippen LogP contribution is 2.32. The molecule has 4 aromatic carbocycles. The third-order valence-electron chi connectivity index (χ3n) is 7.42. The van der Waals surface area contributed by atoms with Gasteiger partial charge >= 0.3 is 5.97 Å². The first kappa shape index (κ1) is 30.9. The summed E-state index contributed by atoms with van der Waals surface area (Å²) in [7, 11) is 0. The number of carbonyl (C=O) groups excluding carboxylic acids is 2. The van der Waals surface area contributed by atoms with E-state index in [4.69, 9.17) is 32.7 Å². The normalized spacial score (nSPS) is 13.6.